The number of morpholine rings is 1. The molecule has 1 amide bonds. The fourth-order valence-corrected chi connectivity index (χ4v) is 3.49. The van der Waals surface area contributed by atoms with Crippen molar-refractivity contribution in [1.29, 1.82) is 0 Å². The largest absolute Gasteiger partial charge is 0.377 e. The standard InChI is InChI=1S/C19H22N4O4/c1-13-9-14-5-3-4-6-15(14)23(13)10-18(24)22-7-8-26-11-16(22)19-20-17(12-25-2)27-21-19/h3-6,9,16H,7-8,10-12H2,1-2H3/t16-/m1/s1. The Balaban J connectivity index is 1.57. The van der Waals surface area contributed by atoms with Crippen molar-refractivity contribution in [2.75, 3.05) is 26.9 Å². The van der Waals surface area contributed by atoms with Crippen molar-refractivity contribution in [3.05, 3.63) is 47.7 Å². The number of aromatic nitrogens is 3. The summed E-state index contributed by atoms with van der Waals surface area (Å²) in [6, 6.07) is 9.80. The van der Waals surface area contributed by atoms with Crippen molar-refractivity contribution in [2.24, 2.45) is 0 Å². The number of hydrogen-bond acceptors (Lipinski definition) is 6. The maximum atomic E-state index is 13.1. The van der Waals surface area contributed by atoms with E-state index in [9.17, 15) is 4.79 Å². The van der Waals surface area contributed by atoms with Crippen molar-refractivity contribution in [2.45, 2.75) is 26.1 Å². The fourth-order valence-electron chi connectivity index (χ4n) is 3.49. The molecule has 27 heavy (non-hydrogen) atoms. The van der Waals surface area contributed by atoms with Crippen LogP contribution in [0.25, 0.3) is 10.9 Å². The molecule has 0 aliphatic carbocycles. The van der Waals surface area contributed by atoms with E-state index in [1.54, 1.807) is 12.0 Å². The molecule has 0 N–H and O–H groups in total. The molecular formula is C19H22N4O4. The summed E-state index contributed by atoms with van der Waals surface area (Å²) in [5, 5.41) is 5.14. The molecule has 1 atom stereocenters. The number of aryl methyl sites for hydroxylation is 1. The molecule has 0 unspecified atom stereocenters. The van der Waals surface area contributed by atoms with Crippen LogP contribution in [-0.4, -0.2) is 52.4 Å². The Kier molecular flexibility index (Phi) is 4.91. The van der Waals surface area contributed by atoms with E-state index in [4.69, 9.17) is 14.0 Å². The van der Waals surface area contributed by atoms with Gasteiger partial charge in [0.05, 0.1) is 13.2 Å². The number of para-hydroxylation sites is 1. The number of hydrogen-bond donors (Lipinski definition) is 0. The molecule has 0 bridgehead atoms. The van der Waals surface area contributed by atoms with Gasteiger partial charge in [-0.2, -0.15) is 4.98 Å². The van der Waals surface area contributed by atoms with Crippen LogP contribution in [0.15, 0.2) is 34.9 Å². The van der Waals surface area contributed by atoms with Crippen LogP contribution in [0, 0.1) is 6.92 Å². The molecule has 1 saturated heterocycles. The molecule has 2 aromatic heterocycles. The lowest BCUT2D eigenvalue weighted by atomic mass is 10.2. The summed E-state index contributed by atoms with van der Waals surface area (Å²) in [7, 11) is 1.56. The normalized spacial score (nSPS) is 17.6. The van der Waals surface area contributed by atoms with Gasteiger partial charge in [-0.3, -0.25) is 4.79 Å². The summed E-state index contributed by atoms with van der Waals surface area (Å²) in [4.78, 5) is 19.2. The highest BCUT2D eigenvalue weighted by Gasteiger charge is 2.32. The quantitative estimate of drug-likeness (QED) is 0.684. The third kappa shape index (κ3) is 3.45. The molecule has 0 radical (unpaired) electrons. The van der Waals surface area contributed by atoms with Gasteiger partial charge in [-0.15, -0.1) is 0 Å². The highest BCUT2D eigenvalue weighted by Crippen LogP contribution is 2.24. The lowest BCUT2D eigenvalue weighted by Gasteiger charge is -2.34. The molecule has 142 valence electrons. The van der Waals surface area contributed by atoms with E-state index in [0.29, 0.717) is 31.5 Å². The molecule has 1 aliphatic rings. The van der Waals surface area contributed by atoms with Gasteiger partial charge >= 0.3 is 0 Å². The van der Waals surface area contributed by atoms with Crippen LogP contribution in [0.5, 0.6) is 0 Å². The Hall–Kier alpha value is -2.71. The van der Waals surface area contributed by atoms with Gasteiger partial charge in [-0.05, 0) is 24.4 Å². The molecule has 1 fully saturated rings. The predicted molar refractivity (Wildman–Crippen MR) is 97.0 cm³/mol. The van der Waals surface area contributed by atoms with E-state index in [0.717, 1.165) is 16.6 Å². The maximum absolute atomic E-state index is 13.1. The molecule has 3 heterocycles. The van der Waals surface area contributed by atoms with Gasteiger partial charge in [0, 0.05) is 24.9 Å². The number of carbonyl (C=O) groups excluding carboxylic acids is 1. The first-order valence-electron chi connectivity index (χ1n) is 8.91. The summed E-state index contributed by atoms with van der Waals surface area (Å²) in [5.41, 5.74) is 2.10. The highest BCUT2D eigenvalue weighted by molar-refractivity contribution is 5.84. The van der Waals surface area contributed by atoms with Crippen molar-refractivity contribution in [3.8, 4) is 0 Å². The maximum Gasteiger partial charge on any atom is 0.252 e. The first-order chi connectivity index (χ1) is 13.2. The Morgan fingerprint density at radius 2 is 2.22 bits per heavy atom. The second-order valence-electron chi connectivity index (χ2n) is 6.59. The summed E-state index contributed by atoms with van der Waals surface area (Å²) in [6.45, 7) is 3.86. The first kappa shape index (κ1) is 17.7. The molecule has 0 saturated carbocycles. The smallest absolute Gasteiger partial charge is 0.252 e. The third-order valence-corrected chi connectivity index (χ3v) is 4.81. The van der Waals surface area contributed by atoms with Gasteiger partial charge in [0.1, 0.15) is 19.2 Å². The number of rotatable bonds is 5. The Morgan fingerprint density at radius 1 is 1.37 bits per heavy atom. The van der Waals surface area contributed by atoms with E-state index in [1.807, 2.05) is 29.7 Å². The van der Waals surface area contributed by atoms with Crippen molar-refractivity contribution in [1.82, 2.24) is 19.6 Å². The SMILES string of the molecule is COCc1nc([C@H]2COCCN2C(=O)Cn2c(C)cc3ccccc32)no1. The Morgan fingerprint density at radius 3 is 3.07 bits per heavy atom. The molecular weight excluding hydrogens is 348 g/mol. The van der Waals surface area contributed by atoms with E-state index in [-0.39, 0.29) is 25.1 Å². The average Bonchev–Trinajstić information content (AvgIpc) is 3.27. The number of nitrogens with zero attached hydrogens (tertiary/aromatic N) is 4. The third-order valence-electron chi connectivity index (χ3n) is 4.81. The number of amides is 1. The molecule has 8 heteroatoms. The molecule has 8 nitrogen and oxygen atoms in total. The number of fused-ring (bicyclic) bond motifs is 1. The average molecular weight is 370 g/mol. The van der Waals surface area contributed by atoms with Crippen LogP contribution < -0.4 is 0 Å². The van der Waals surface area contributed by atoms with Crippen LogP contribution in [-0.2, 0) is 27.4 Å². The summed E-state index contributed by atoms with van der Waals surface area (Å²) >= 11 is 0. The van der Waals surface area contributed by atoms with Gasteiger partial charge in [0.2, 0.25) is 5.91 Å². The minimum atomic E-state index is -0.359. The zero-order chi connectivity index (χ0) is 18.8. The molecule has 0 spiro atoms. The van der Waals surface area contributed by atoms with Gasteiger partial charge in [-0.1, -0.05) is 23.4 Å². The van der Waals surface area contributed by atoms with Crippen molar-refractivity contribution >= 4 is 16.8 Å². The number of carbonyl (C=O) groups is 1. The fraction of sp³-hybridized carbons (Fsp3) is 0.421. The minimum absolute atomic E-state index is 0.00541. The minimum Gasteiger partial charge on any atom is -0.377 e. The number of benzene rings is 1. The Bertz CT molecular complexity index is 948. The van der Waals surface area contributed by atoms with Crippen LogP contribution in [0.1, 0.15) is 23.5 Å². The lowest BCUT2D eigenvalue weighted by molar-refractivity contribution is -0.141. The topological polar surface area (TPSA) is 82.6 Å². The van der Waals surface area contributed by atoms with Crippen molar-refractivity contribution in [3.63, 3.8) is 0 Å². The molecule has 1 aliphatic heterocycles. The summed E-state index contributed by atoms with van der Waals surface area (Å²) in [6.07, 6.45) is 0. The van der Waals surface area contributed by atoms with Crippen LogP contribution in [0.2, 0.25) is 0 Å². The predicted octanol–water partition coefficient (Wildman–Crippen LogP) is 2.08. The number of methoxy groups -OCH3 is 1. The van der Waals surface area contributed by atoms with Gasteiger partial charge < -0.3 is 23.5 Å². The van der Waals surface area contributed by atoms with Gasteiger partial charge in [0.25, 0.3) is 5.89 Å². The van der Waals surface area contributed by atoms with Crippen LogP contribution in [0.4, 0.5) is 0 Å². The van der Waals surface area contributed by atoms with E-state index >= 15 is 0 Å². The summed E-state index contributed by atoms with van der Waals surface area (Å²) < 4.78 is 17.8. The van der Waals surface area contributed by atoms with Crippen molar-refractivity contribution < 1.29 is 18.8 Å². The Labute approximate surface area is 156 Å². The van der Waals surface area contributed by atoms with Gasteiger partial charge in [0.15, 0.2) is 5.82 Å². The van der Waals surface area contributed by atoms with Crippen LogP contribution in [0.3, 0.4) is 0 Å². The molecule has 3 aromatic rings. The zero-order valence-electron chi connectivity index (χ0n) is 15.4. The molecule has 4 rings (SSSR count). The van der Waals surface area contributed by atoms with E-state index in [2.05, 4.69) is 22.3 Å². The molecule has 1 aromatic carbocycles. The summed E-state index contributed by atoms with van der Waals surface area (Å²) in [5.74, 6) is 0.841. The second kappa shape index (κ2) is 7.50. The second-order valence-corrected chi connectivity index (χ2v) is 6.59. The number of ether oxygens (including phenoxy) is 2. The van der Waals surface area contributed by atoms with Gasteiger partial charge in [-0.25, -0.2) is 0 Å². The van der Waals surface area contributed by atoms with Crippen LogP contribution >= 0.6 is 0 Å². The van der Waals surface area contributed by atoms with E-state index < -0.39 is 0 Å². The lowest BCUT2D eigenvalue weighted by Crippen LogP contribution is -2.45. The zero-order valence-corrected chi connectivity index (χ0v) is 15.4. The first-order valence-corrected chi connectivity index (χ1v) is 8.91. The monoisotopic (exact) mass is 370 g/mol. The van der Waals surface area contributed by atoms with E-state index in [1.165, 1.54) is 0 Å². The highest BCUT2D eigenvalue weighted by atomic mass is 16.5.